The molecule has 0 radical (unpaired) electrons. The second kappa shape index (κ2) is 9.50. The lowest BCUT2D eigenvalue weighted by molar-refractivity contribution is -0.149. The van der Waals surface area contributed by atoms with Crippen molar-refractivity contribution in [1.29, 1.82) is 0 Å². The predicted octanol–water partition coefficient (Wildman–Crippen LogP) is 2.55. The van der Waals surface area contributed by atoms with Gasteiger partial charge >= 0.3 is 5.97 Å². The van der Waals surface area contributed by atoms with E-state index in [2.05, 4.69) is 9.97 Å². The zero-order chi connectivity index (χ0) is 19.9. The van der Waals surface area contributed by atoms with E-state index in [4.69, 9.17) is 16.3 Å². The Morgan fingerprint density at radius 1 is 1.25 bits per heavy atom. The second-order valence-corrected chi connectivity index (χ2v) is 7.17. The van der Waals surface area contributed by atoms with Crippen LogP contribution in [-0.2, 0) is 20.9 Å². The van der Waals surface area contributed by atoms with E-state index in [0.717, 1.165) is 24.9 Å². The second-order valence-electron chi connectivity index (χ2n) is 6.73. The topological polar surface area (TPSA) is 75.6 Å². The SMILES string of the molecule is COC(=O)CN(Cc1ccc(Cl)cc1)C(=O)C1CCCN(c2ncccn2)C1. The molecule has 148 valence electrons. The van der Waals surface area contributed by atoms with Crippen molar-refractivity contribution in [1.82, 2.24) is 14.9 Å². The molecule has 0 saturated carbocycles. The summed E-state index contributed by atoms with van der Waals surface area (Å²) in [6.07, 6.45) is 5.01. The number of benzene rings is 1. The Labute approximate surface area is 169 Å². The molecule has 28 heavy (non-hydrogen) atoms. The summed E-state index contributed by atoms with van der Waals surface area (Å²) in [5.74, 6) is -0.117. The van der Waals surface area contributed by atoms with Gasteiger partial charge in [0, 0.05) is 37.1 Å². The van der Waals surface area contributed by atoms with Crippen molar-refractivity contribution in [3.63, 3.8) is 0 Å². The first-order chi connectivity index (χ1) is 13.6. The third kappa shape index (κ3) is 5.19. The standard InChI is InChI=1S/C20H23ClN4O3/c1-28-18(26)14-25(12-15-5-7-17(21)8-6-15)19(27)16-4-2-11-24(13-16)20-22-9-3-10-23-20/h3,5-10,16H,2,4,11-14H2,1H3. The number of carbonyl (C=O) groups is 2. The highest BCUT2D eigenvalue weighted by atomic mass is 35.5. The maximum absolute atomic E-state index is 13.2. The predicted molar refractivity (Wildman–Crippen MR) is 106 cm³/mol. The Bertz CT molecular complexity index is 801. The van der Waals surface area contributed by atoms with Crippen LogP contribution in [0.4, 0.5) is 5.95 Å². The number of halogens is 1. The van der Waals surface area contributed by atoms with Gasteiger partial charge in [0.05, 0.1) is 13.0 Å². The molecular formula is C20H23ClN4O3. The average Bonchev–Trinajstić information content (AvgIpc) is 2.75. The summed E-state index contributed by atoms with van der Waals surface area (Å²) >= 11 is 5.94. The van der Waals surface area contributed by atoms with Gasteiger partial charge in [-0.3, -0.25) is 9.59 Å². The summed E-state index contributed by atoms with van der Waals surface area (Å²) < 4.78 is 4.78. The number of methoxy groups -OCH3 is 1. The minimum Gasteiger partial charge on any atom is -0.468 e. The van der Waals surface area contributed by atoms with Crippen LogP contribution in [0, 0.1) is 5.92 Å². The number of aromatic nitrogens is 2. The number of nitrogens with zero attached hydrogens (tertiary/aromatic N) is 4. The molecule has 8 heteroatoms. The first kappa shape index (κ1) is 20.1. The highest BCUT2D eigenvalue weighted by Gasteiger charge is 2.31. The van der Waals surface area contributed by atoms with Gasteiger partial charge in [0.25, 0.3) is 0 Å². The molecule has 7 nitrogen and oxygen atoms in total. The molecule has 1 unspecified atom stereocenters. The van der Waals surface area contributed by atoms with Crippen LogP contribution in [0.15, 0.2) is 42.7 Å². The van der Waals surface area contributed by atoms with Crippen LogP contribution in [0.3, 0.4) is 0 Å². The molecule has 1 fully saturated rings. The molecule has 0 aliphatic carbocycles. The first-order valence-corrected chi connectivity index (χ1v) is 9.56. The molecule has 1 amide bonds. The minimum absolute atomic E-state index is 0.0685. The van der Waals surface area contributed by atoms with Crippen LogP contribution < -0.4 is 4.90 Å². The number of piperidine rings is 1. The van der Waals surface area contributed by atoms with E-state index >= 15 is 0 Å². The van der Waals surface area contributed by atoms with Gasteiger partial charge in [-0.15, -0.1) is 0 Å². The smallest absolute Gasteiger partial charge is 0.325 e. The van der Waals surface area contributed by atoms with E-state index in [1.54, 1.807) is 35.5 Å². The fourth-order valence-electron chi connectivity index (χ4n) is 3.32. The molecular weight excluding hydrogens is 380 g/mol. The summed E-state index contributed by atoms with van der Waals surface area (Å²) in [6, 6.07) is 9.01. The maximum atomic E-state index is 13.2. The first-order valence-electron chi connectivity index (χ1n) is 9.19. The normalized spacial score (nSPS) is 16.5. The van der Waals surface area contributed by atoms with Crippen LogP contribution in [0.1, 0.15) is 18.4 Å². The summed E-state index contributed by atoms with van der Waals surface area (Å²) in [5.41, 5.74) is 0.903. The number of anilines is 1. The lowest BCUT2D eigenvalue weighted by Gasteiger charge is -2.34. The minimum atomic E-state index is -0.443. The Hall–Kier alpha value is -2.67. The number of esters is 1. The molecule has 0 N–H and O–H groups in total. The van der Waals surface area contributed by atoms with Crippen molar-refractivity contribution >= 4 is 29.4 Å². The van der Waals surface area contributed by atoms with Gasteiger partial charge in [-0.2, -0.15) is 0 Å². The van der Waals surface area contributed by atoms with Crippen molar-refractivity contribution in [3.05, 3.63) is 53.3 Å². The number of hydrogen-bond donors (Lipinski definition) is 0. The van der Waals surface area contributed by atoms with Crippen molar-refractivity contribution in [2.24, 2.45) is 5.92 Å². The molecule has 1 atom stereocenters. The third-order valence-corrected chi connectivity index (χ3v) is 5.00. The Kier molecular flexibility index (Phi) is 6.81. The lowest BCUT2D eigenvalue weighted by atomic mass is 9.96. The largest absolute Gasteiger partial charge is 0.468 e. The molecule has 0 spiro atoms. The summed E-state index contributed by atoms with van der Waals surface area (Å²) in [7, 11) is 1.32. The lowest BCUT2D eigenvalue weighted by Crippen LogP contribution is -2.46. The summed E-state index contributed by atoms with van der Waals surface area (Å²) in [6.45, 7) is 1.57. The zero-order valence-electron chi connectivity index (χ0n) is 15.8. The number of amides is 1. The van der Waals surface area contributed by atoms with Gasteiger partial charge in [0.15, 0.2) is 0 Å². The quantitative estimate of drug-likeness (QED) is 0.691. The Morgan fingerprint density at radius 2 is 1.96 bits per heavy atom. The van der Waals surface area contributed by atoms with Gasteiger partial charge in [-0.25, -0.2) is 9.97 Å². The summed E-state index contributed by atoms with van der Waals surface area (Å²) in [4.78, 5) is 37.2. The molecule has 2 aromatic rings. The van der Waals surface area contributed by atoms with Crippen molar-refractivity contribution in [3.8, 4) is 0 Å². The van der Waals surface area contributed by atoms with Crippen molar-refractivity contribution < 1.29 is 14.3 Å². The zero-order valence-corrected chi connectivity index (χ0v) is 16.5. The molecule has 3 rings (SSSR count). The Morgan fingerprint density at radius 3 is 2.64 bits per heavy atom. The molecule has 1 aliphatic rings. The van der Waals surface area contributed by atoms with Crippen molar-refractivity contribution in [2.75, 3.05) is 31.6 Å². The van der Waals surface area contributed by atoms with Crippen LogP contribution in [0.2, 0.25) is 5.02 Å². The molecule has 1 aliphatic heterocycles. The van der Waals surface area contributed by atoms with Gasteiger partial charge in [0.2, 0.25) is 11.9 Å². The van der Waals surface area contributed by atoms with Crippen LogP contribution >= 0.6 is 11.6 Å². The van der Waals surface area contributed by atoms with Crippen molar-refractivity contribution in [2.45, 2.75) is 19.4 Å². The number of ether oxygens (including phenoxy) is 1. The van der Waals surface area contributed by atoms with Gasteiger partial charge < -0.3 is 14.5 Å². The monoisotopic (exact) mass is 402 g/mol. The third-order valence-electron chi connectivity index (χ3n) is 4.75. The van der Waals surface area contributed by atoms with Gasteiger partial charge in [-0.1, -0.05) is 23.7 Å². The maximum Gasteiger partial charge on any atom is 0.325 e. The highest BCUT2D eigenvalue weighted by molar-refractivity contribution is 6.30. The average molecular weight is 403 g/mol. The van der Waals surface area contributed by atoms with E-state index in [1.165, 1.54) is 7.11 Å². The van der Waals surface area contributed by atoms with E-state index in [1.807, 2.05) is 17.0 Å². The number of hydrogen-bond acceptors (Lipinski definition) is 6. The van der Waals surface area contributed by atoms with E-state index in [-0.39, 0.29) is 18.4 Å². The van der Waals surface area contributed by atoms with Crippen LogP contribution in [-0.4, -0.2) is 53.5 Å². The van der Waals surface area contributed by atoms with Gasteiger partial charge in [0.1, 0.15) is 6.54 Å². The molecule has 1 aromatic carbocycles. The van der Waals surface area contributed by atoms with Crippen LogP contribution in [0.5, 0.6) is 0 Å². The van der Waals surface area contributed by atoms with E-state index in [9.17, 15) is 9.59 Å². The van der Waals surface area contributed by atoms with E-state index in [0.29, 0.717) is 24.1 Å². The molecule has 1 saturated heterocycles. The van der Waals surface area contributed by atoms with Gasteiger partial charge in [-0.05, 0) is 36.6 Å². The molecule has 1 aromatic heterocycles. The number of rotatable bonds is 6. The Balaban J connectivity index is 1.73. The van der Waals surface area contributed by atoms with Crippen LogP contribution in [0.25, 0.3) is 0 Å². The highest BCUT2D eigenvalue weighted by Crippen LogP contribution is 2.23. The fraction of sp³-hybridized carbons (Fsp3) is 0.400. The summed E-state index contributed by atoms with van der Waals surface area (Å²) in [5, 5.41) is 0.625. The number of carbonyl (C=O) groups excluding carboxylic acids is 2. The fourth-order valence-corrected chi connectivity index (χ4v) is 3.44. The molecule has 2 heterocycles. The molecule has 0 bridgehead atoms. The van der Waals surface area contributed by atoms with E-state index < -0.39 is 5.97 Å².